The minimum absolute atomic E-state index is 0.385. The van der Waals surface area contributed by atoms with Crippen LogP contribution in [-0.4, -0.2) is 24.3 Å². The van der Waals surface area contributed by atoms with Crippen LogP contribution in [0.15, 0.2) is 105 Å². The molecule has 0 radical (unpaired) electrons. The minimum atomic E-state index is -1.01. The minimum Gasteiger partial charge on any atom is -0.489 e. The number of furan rings is 2. The lowest BCUT2D eigenvalue weighted by molar-refractivity contribution is -0.139. The molecule has 0 spiro atoms. The van der Waals surface area contributed by atoms with Crippen molar-refractivity contribution in [2.24, 2.45) is 0 Å². The van der Waals surface area contributed by atoms with E-state index in [1.165, 1.54) is 0 Å². The molecule has 0 saturated carbocycles. The summed E-state index contributed by atoms with van der Waals surface area (Å²) in [7, 11) is 0. The summed E-state index contributed by atoms with van der Waals surface area (Å²) in [5.41, 5.74) is 7.26. The maximum atomic E-state index is 10.9. The fourth-order valence-corrected chi connectivity index (χ4v) is 4.89. The Morgan fingerprint density at radius 2 is 1.24 bits per heavy atom. The molecule has 5 aromatic rings. The van der Waals surface area contributed by atoms with Crippen molar-refractivity contribution in [1.82, 2.24) is 0 Å². The molecule has 0 atom stereocenters. The van der Waals surface area contributed by atoms with Gasteiger partial charge in [-0.25, -0.2) is 4.79 Å². The van der Waals surface area contributed by atoms with Crippen LogP contribution >= 0.6 is 0 Å². The van der Waals surface area contributed by atoms with Gasteiger partial charge in [0.05, 0.1) is 0 Å². The predicted molar refractivity (Wildman–Crippen MR) is 164 cm³/mol. The summed E-state index contributed by atoms with van der Waals surface area (Å²) in [4.78, 5) is 10.9. The Kier molecular flexibility index (Phi) is 8.63. The van der Waals surface area contributed by atoms with Gasteiger partial charge in [-0.3, -0.25) is 0 Å². The van der Waals surface area contributed by atoms with Crippen LogP contribution in [0, 0.1) is 20.8 Å². The Bertz CT molecular complexity index is 1610. The maximum Gasteiger partial charge on any atom is 0.341 e. The molecule has 0 aliphatic carbocycles. The lowest BCUT2D eigenvalue weighted by atomic mass is 9.90. The summed E-state index contributed by atoms with van der Waals surface area (Å²) in [6.07, 6.45) is 0.784. The quantitative estimate of drug-likeness (QED) is 0.173. The third-order valence-corrected chi connectivity index (χ3v) is 7.09. The molecule has 2 heterocycles. The molecule has 0 saturated heterocycles. The summed E-state index contributed by atoms with van der Waals surface area (Å²) < 4.78 is 23.3. The first-order valence-electron chi connectivity index (χ1n) is 13.9. The van der Waals surface area contributed by atoms with Crippen molar-refractivity contribution in [3.63, 3.8) is 0 Å². The number of benzene rings is 3. The van der Waals surface area contributed by atoms with Crippen LogP contribution in [0.1, 0.15) is 41.6 Å². The molecule has 42 heavy (non-hydrogen) atoms. The van der Waals surface area contributed by atoms with Gasteiger partial charge in [-0.15, -0.1) is 0 Å². The lowest BCUT2D eigenvalue weighted by Gasteiger charge is -2.18. The maximum absolute atomic E-state index is 10.9. The summed E-state index contributed by atoms with van der Waals surface area (Å²) in [5, 5.41) is 8.92. The van der Waals surface area contributed by atoms with E-state index in [2.05, 4.69) is 55.5 Å². The number of hydrogen-bond acceptors (Lipinski definition) is 5. The summed E-state index contributed by atoms with van der Waals surface area (Å²) >= 11 is 0. The van der Waals surface area contributed by atoms with Gasteiger partial charge in [0.1, 0.15) is 41.1 Å². The summed E-state index contributed by atoms with van der Waals surface area (Å²) in [6.45, 7) is 7.89. The molecule has 3 aromatic carbocycles. The second-order valence-electron chi connectivity index (χ2n) is 10.2. The van der Waals surface area contributed by atoms with Crippen LogP contribution in [-0.2, 0) is 4.79 Å². The normalized spacial score (nSPS) is 10.9. The highest BCUT2D eigenvalue weighted by atomic mass is 16.5. The van der Waals surface area contributed by atoms with Crippen molar-refractivity contribution in [2.75, 3.05) is 13.2 Å². The number of carboxylic acids is 1. The zero-order chi connectivity index (χ0) is 29.6. The first kappa shape index (κ1) is 28.6. The van der Waals surface area contributed by atoms with Crippen molar-refractivity contribution < 1.29 is 28.2 Å². The topological polar surface area (TPSA) is 82.0 Å². The number of rotatable bonds is 11. The van der Waals surface area contributed by atoms with Gasteiger partial charge in [-0.2, -0.15) is 0 Å². The zero-order valence-corrected chi connectivity index (χ0v) is 24.3. The largest absolute Gasteiger partial charge is 0.489 e. The van der Waals surface area contributed by atoms with Gasteiger partial charge in [-0.1, -0.05) is 55.5 Å². The molecule has 0 aliphatic rings. The van der Waals surface area contributed by atoms with E-state index < -0.39 is 5.97 Å². The van der Waals surface area contributed by atoms with Gasteiger partial charge < -0.3 is 23.4 Å². The Hall–Kier alpha value is -4.97. The van der Waals surface area contributed by atoms with E-state index in [9.17, 15) is 4.79 Å². The Morgan fingerprint density at radius 1 is 0.690 bits per heavy atom. The monoisotopic (exact) mass is 562 g/mol. The smallest absolute Gasteiger partial charge is 0.341 e. The highest BCUT2D eigenvalue weighted by Crippen LogP contribution is 2.33. The predicted octanol–water partition coefficient (Wildman–Crippen LogP) is 8.89. The fraction of sp³-hybridized carbons (Fsp3) is 0.194. The second kappa shape index (κ2) is 12.7. The summed E-state index contributed by atoms with van der Waals surface area (Å²) in [6, 6.07) is 30.2. The van der Waals surface area contributed by atoms with Crippen molar-refractivity contribution in [2.45, 2.75) is 34.1 Å². The van der Waals surface area contributed by atoms with E-state index in [0.717, 1.165) is 68.4 Å². The van der Waals surface area contributed by atoms with Crippen LogP contribution in [0.5, 0.6) is 11.5 Å². The van der Waals surface area contributed by atoms with Crippen LogP contribution in [0.2, 0.25) is 0 Å². The molecule has 2 aromatic heterocycles. The Balaban J connectivity index is 1.47. The molecular weight excluding hydrogens is 528 g/mol. The van der Waals surface area contributed by atoms with E-state index >= 15 is 0 Å². The van der Waals surface area contributed by atoms with Gasteiger partial charge in [0, 0.05) is 11.1 Å². The average Bonchev–Trinajstić information content (AvgIpc) is 3.63. The molecule has 0 unspecified atom stereocenters. The molecule has 0 aliphatic heterocycles. The molecule has 0 fully saturated rings. The standard InChI is InChI=1S/C36H34O6/c1-5-26(21-39-31-16-19-32(23(2)20-31)40-22-35(37)38)36(29-12-8-27(9-13-29)33-17-6-24(3)41-33)30-14-10-28(11-15-30)34-18-7-25(4)42-34/h6-20H,5,21-22H2,1-4H3,(H,37,38). The third-order valence-electron chi connectivity index (χ3n) is 7.09. The lowest BCUT2D eigenvalue weighted by Crippen LogP contribution is -2.10. The van der Waals surface area contributed by atoms with Crippen LogP contribution in [0.4, 0.5) is 0 Å². The van der Waals surface area contributed by atoms with E-state index in [1.807, 2.05) is 51.1 Å². The average molecular weight is 563 g/mol. The van der Waals surface area contributed by atoms with Crippen molar-refractivity contribution in [3.05, 3.63) is 125 Å². The van der Waals surface area contributed by atoms with E-state index in [1.54, 1.807) is 12.1 Å². The van der Waals surface area contributed by atoms with E-state index in [4.69, 9.17) is 23.4 Å². The number of hydrogen-bond donors (Lipinski definition) is 1. The number of ether oxygens (including phenoxy) is 2. The summed E-state index contributed by atoms with van der Waals surface area (Å²) in [5.74, 6) is 3.63. The molecule has 6 heteroatoms. The number of carboxylic acid groups (broad SMARTS) is 1. The van der Waals surface area contributed by atoms with Gasteiger partial charge in [-0.05, 0) is 97.5 Å². The SMILES string of the molecule is CCC(COc1ccc(OCC(=O)O)c(C)c1)=C(c1ccc(-c2ccc(C)o2)cc1)c1ccc(-c2ccc(C)o2)cc1. The number of aryl methyl sites for hydroxylation is 3. The van der Waals surface area contributed by atoms with Crippen molar-refractivity contribution >= 4 is 11.5 Å². The first-order chi connectivity index (χ1) is 20.3. The highest BCUT2D eigenvalue weighted by molar-refractivity contribution is 5.84. The van der Waals surface area contributed by atoms with Crippen molar-refractivity contribution in [3.8, 4) is 34.1 Å². The third kappa shape index (κ3) is 6.66. The van der Waals surface area contributed by atoms with E-state index in [-0.39, 0.29) is 6.61 Å². The zero-order valence-electron chi connectivity index (χ0n) is 24.3. The van der Waals surface area contributed by atoms with Crippen LogP contribution in [0.25, 0.3) is 28.2 Å². The van der Waals surface area contributed by atoms with Gasteiger partial charge in [0.25, 0.3) is 0 Å². The molecule has 6 nitrogen and oxygen atoms in total. The van der Waals surface area contributed by atoms with Crippen LogP contribution in [0.3, 0.4) is 0 Å². The van der Waals surface area contributed by atoms with Gasteiger partial charge >= 0.3 is 5.97 Å². The number of carbonyl (C=O) groups is 1. The van der Waals surface area contributed by atoms with Gasteiger partial charge in [0.2, 0.25) is 0 Å². The van der Waals surface area contributed by atoms with Gasteiger partial charge in [0.15, 0.2) is 6.61 Å². The second-order valence-corrected chi connectivity index (χ2v) is 10.2. The highest BCUT2D eigenvalue weighted by Gasteiger charge is 2.15. The Morgan fingerprint density at radius 3 is 1.67 bits per heavy atom. The molecular formula is C36H34O6. The van der Waals surface area contributed by atoms with Crippen LogP contribution < -0.4 is 9.47 Å². The fourth-order valence-electron chi connectivity index (χ4n) is 4.89. The molecule has 0 amide bonds. The Labute approximate surface area is 245 Å². The van der Waals surface area contributed by atoms with E-state index in [0.29, 0.717) is 18.1 Å². The molecule has 1 N–H and O–H groups in total. The number of aliphatic carboxylic acids is 1. The van der Waals surface area contributed by atoms with Crippen molar-refractivity contribution in [1.29, 1.82) is 0 Å². The molecule has 0 bridgehead atoms. The molecule has 214 valence electrons. The molecule has 5 rings (SSSR count). The first-order valence-corrected chi connectivity index (χ1v) is 13.9.